The summed E-state index contributed by atoms with van der Waals surface area (Å²) in [5.41, 5.74) is 1.07. The van der Waals surface area contributed by atoms with Gasteiger partial charge in [0.2, 0.25) is 5.82 Å². The van der Waals surface area contributed by atoms with E-state index in [4.69, 9.17) is 14.1 Å². The largest absolute Gasteiger partial charge is 0.497 e. The molecule has 2 heterocycles. The van der Waals surface area contributed by atoms with Crippen LogP contribution in [0.4, 0.5) is 0 Å². The number of hydroxylamine groups is 2. The molecule has 29 heavy (non-hydrogen) atoms. The molecule has 0 aliphatic carbocycles. The fraction of sp³-hybridized carbons (Fsp3) is 0.105. The molecule has 0 unspecified atom stereocenters. The van der Waals surface area contributed by atoms with E-state index in [9.17, 15) is 14.4 Å². The molecule has 2 amide bonds. The van der Waals surface area contributed by atoms with E-state index in [1.165, 1.54) is 12.1 Å². The molecule has 0 saturated carbocycles. The summed E-state index contributed by atoms with van der Waals surface area (Å²) >= 11 is 0.928. The van der Waals surface area contributed by atoms with Gasteiger partial charge in [0.15, 0.2) is 0 Å². The highest BCUT2D eigenvalue weighted by atomic mass is 32.2. The summed E-state index contributed by atoms with van der Waals surface area (Å²) in [5.74, 6) is -1.41. The number of hydrogen-bond donors (Lipinski definition) is 0. The Hall–Kier alpha value is -3.66. The number of benzene rings is 2. The van der Waals surface area contributed by atoms with Crippen LogP contribution < -0.4 is 4.74 Å². The average Bonchev–Trinajstić information content (AvgIpc) is 3.32. The molecule has 10 heteroatoms. The Morgan fingerprint density at radius 1 is 1.10 bits per heavy atom. The molecule has 3 aromatic rings. The summed E-state index contributed by atoms with van der Waals surface area (Å²) in [7, 11) is 1.55. The molecule has 2 aromatic carbocycles. The van der Waals surface area contributed by atoms with Gasteiger partial charge in [-0.15, -0.1) is 0 Å². The Morgan fingerprint density at radius 3 is 2.52 bits per heavy atom. The molecule has 0 N–H and O–H groups in total. The van der Waals surface area contributed by atoms with Crippen molar-refractivity contribution in [2.24, 2.45) is 0 Å². The zero-order chi connectivity index (χ0) is 20.4. The first-order valence-corrected chi connectivity index (χ1v) is 9.35. The van der Waals surface area contributed by atoms with Gasteiger partial charge < -0.3 is 14.1 Å². The van der Waals surface area contributed by atoms with Crippen LogP contribution in [0, 0.1) is 0 Å². The van der Waals surface area contributed by atoms with Gasteiger partial charge in [0, 0.05) is 5.56 Å². The number of carbonyl (C=O) groups excluding carboxylic acids is 3. The minimum atomic E-state index is -0.800. The topological polar surface area (TPSA) is 112 Å². The lowest BCUT2D eigenvalue weighted by atomic mass is 10.1. The maximum atomic E-state index is 12.2. The SMILES string of the molecule is COc1cccc(-c2noc(SCC(=O)ON3C(=O)c4ccccc4C3=O)n2)c1. The normalized spacial score (nSPS) is 12.8. The number of amides is 2. The van der Waals surface area contributed by atoms with Crippen LogP contribution in [-0.2, 0) is 9.63 Å². The maximum absolute atomic E-state index is 12.2. The van der Waals surface area contributed by atoms with Crippen LogP contribution in [-0.4, -0.2) is 45.9 Å². The van der Waals surface area contributed by atoms with Crippen LogP contribution in [0.3, 0.4) is 0 Å². The van der Waals surface area contributed by atoms with Gasteiger partial charge in [-0.1, -0.05) is 46.2 Å². The summed E-state index contributed by atoms with van der Waals surface area (Å²) in [4.78, 5) is 45.6. The first kappa shape index (κ1) is 18.7. The second-order valence-electron chi connectivity index (χ2n) is 5.82. The fourth-order valence-corrected chi connectivity index (χ4v) is 3.18. The highest BCUT2D eigenvalue weighted by Gasteiger charge is 2.38. The fourth-order valence-electron chi connectivity index (χ4n) is 2.65. The molecule has 0 spiro atoms. The first-order chi connectivity index (χ1) is 14.1. The van der Waals surface area contributed by atoms with Crippen molar-refractivity contribution in [1.29, 1.82) is 0 Å². The van der Waals surface area contributed by atoms with E-state index in [0.29, 0.717) is 22.2 Å². The van der Waals surface area contributed by atoms with Crippen molar-refractivity contribution < 1.29 is 28.5 Å². The van der Waals surface area contributed by atoms with E-state index in [1.54, 1.807) is 43.5 Å². The molecule has 1 aromatic heterocycles. The molecule has 1 aliphatic rings. The molecule has 9 nitrogen and oxygen atoms in total. The quantitative estimate of drug-likeness (QED) is 0.446. The summed E-state index contributed by atoms with van der Waals surface area (Å²) in [6.07, 6.45) is 0. The number of ether oxygens (including phenoxy) is 1. The van der Waals surface area contributed by atoms with Crippen molar-refractivity contribution in [3.05, 3.63) is 59.7 Å². The molecule has 146 valence electrons. The second kappa shape index (κ2) is 7.76. The van der Waals surface area contributed by atoms with E-state index in [-0.39, 0.29) is 22.1 Å². The number of imide groups is 1. The molecular weight excluding hydrogens is 398 g/mol. The standard InChI is InChI=1S/C19H13N3O6S/c1-26-12-6-4-5-11(9-12)16-20-19(27-21-16)29-10-15(23)28-22-17(24)13-7-2-3-8-14(13)18(22)25/h2-9H,10H2,1H3. The number of fused-ring (bicyclic) bond motifs is 1. The zero-order valence-electron chi connectivity index (χ0n) is 15.0. The smallest absolute Gasteiger partial charge is 0.343 e. The maximum Gasteiger partial charge on any atom is 0.343 e. The molecule has 0 bridgehead atoms. The average molecular weight is 411 g/mol. The van der Waals surface area contributed by atoms with Gasteiger partial charge in [0.05, 0.1) is 18.2 Å². The minimum absolute atomic E-state index is 0.141. The molecular formula is C19H13N3O6S. The molecule has 0 saturated heterocycles. The lowest BCUT2D eigenvalue weighted by molar-refractivity contribution is -0.165. The molecule has 0 atom stereocenters. The summed E-state index contributed by atoms with van der Waals surface area (Å²) in [6, 6.07) is 13.4. The van der Waals surface area contributed by atoms with Gasteiger partial charge in [-0.2, -0.15) is 4.98 Å². The molecule has 0 fully saturated rings. The summed E-state index contributed by atoms with van der Waals surface area (Å²) in [5, 5.41) is 4.46. The lowest BCUT2D eigenvalue weighted by Crippen LogP contribution is -2.33. The van der Waals surface area contributed by atoms with E-state index in [1.807, 2.05) is 0 Å². The number of aromatic nitrogens is 2. The van der Waals surface area contributed by atoms with Crippen LogP contribution in [0.5, 0.6) is 5.75 Å². The predicted octanol–water partition coefficient (Wildman–Crippen LogP) is 2.59. The van der Waals surface area contributed by atoms with Gasteiger partial charge in [-0.25, -0.2) is 4.79 Å². The highest BCUT2D eigenvalue weighted by molar-refractivity contribution is 7.99. The Morgan fingerprint density at radius 2 is 1.83 bits per heavy atom. The number of nitrogens with zero attached hydrogens (tertiary/aromatic N) is 3. The number of rotatable bonds is 6. The first-order valence-electron chi connectivity index (χ1n) is 8.36. The number of hydrogen-bond acceptors (Lipinski definition) is 9. The number of methoxy groups -OCH3 is 1. The van der Waals surface area contributed by atoms with Crippen molar-refractivity contribution in [2.75, 3.05) is 12.9 Å². The van der Waals surface area contributed by atoms with Gasteiger partial charge in [0.25, 0.3) is 17.0 Å². The van der Waals surface area contributed by atoms with Gasteiger partial charge >= 0.3 is 5.97 Å². The summed E-state index contributed by atoms with van der Waals surface area (Å²) in [6.45, 7) is 0. The predicted molar refractivity (Wildman–Crippen MR) is 100 cm³/mol. The third-order valence-electron chi connectivity index (χ3n) is 4.00. The summed E-state index contributed by atoms with van der Waals surface area (Å²) < 4.78 is 10.3. The highest BCUT2D eigenvalue weighted by Crippen LogP contribution is 2.26. The number of thioether (sulfide) groups is 1. The van der Waals surface area contributed by atoms with E-state index in [0.717, 1.165) is 11.8 Å². The third kappa shape index (κ3) is 3.69. The van der Waals surface area contributed by atoms with Crippen LogP contribution in [0.25, 0.3) is 11.4 Å². The molecule has 0 radical (unpaired) electrons. The van der Waals surface area contributed by atoms with Crippen LogP contribution in [0.2, 0.25) is 0 Å². The molecule has 4 rings (SSSR count). The van der Waals surface area contributed by atoms with Crippen LogP contribution in [0.1, 0.15) is 20.7 Å². The minimum Gasteiger partial charge on any atom is -0.497 e. The van der Waals surface area contributed by atoms with Crippen LogP contribution >= 0.6 is 11.8 Å². The number of carbonyl (C=O) groups is 3. The van der Waals surface area contributed by atoms with Gasteiger partial charge in [0.1, 0.15) is 11.5 Å². The van der Waals surface area contributed by atoms with Gasteiger partial charge in [-0.3, -0.25) is 9.59 Å². The van der Waals surface area contributed by atoms with Crippen molar-refractivity contribution in [3.8, 4) is 17.1 Å². The monoisotopic (exact) mass is 411 g/mol. The van der Waals surface area contributed by atoms with Gasteiger partial charge in [-0.05, 0) is 24.3 Å². The van der Waals surface area contributed by atoms with E-state index in [2.05, 4.69) is 10.1 Å². The van der Waals surface area contributed by atoms with Crippen molar-refractivity contribution in [3.63, 3.8) is 0 Å². The van der Waals surface area contributed by atoms with E-state index < -0.39 is 17.8 Å². The van der Waals surface area contributed by atoms with Crippen molar-refractivity contribution in [1.82, 2.24) is 15.2 Å². The zero-order valence-corrected chi connectivity index (χ0v) is 15.8. The second-order valence-corrected chi connectivity index (χ2v) is 6.74. The molecule has 1 aliphatic heterocycles. The Kier molecular flexibility index (Phi) is 5.00. The van der Waals surface area contributed by atoms with Crippen LogP contribution in [0.15, 0.2) is 58.3 Å². The third-order valence-corrected chi connectivity index (χ3v) is 4.79. The Labute approximate surface area is 168 Å². The van der Waals surface area contributed by atoms with E-state index >= 15 is 0 Å². The van der Waals surface area contributed by atoms with Crippen molar-refractivity contribution in [2.45, 2.75) is 5.22 Å². The Balaban J connectivity index is 1.37. The van der Waals surface area contributed by atoms with Crippen molar-refractivity contribution >= 4 is 29.5 Å². The lowest BCUT2D eigenvalue weighted by Gasteiger charge is -2.11. The Bertz CT molecular complexity index is 1080.